The molecule has 3 aromatic carbocycles. The molecule has 1 heterocycles. The van der Waals surface area contributed by atoms with E-state index in [4.69, 9.17) is 14.5 Å². The van der Waals surface area contributed by atoms with E-state index in [1.54, 1.807) is 35.6 Å². The molecule has 4 aromatic rings. The summed E-state index contributed by atoms with van der Waals surface area (Å²) in [6, 6.07) is 23.3. The van der Waals surface area contributed by atoms with Gasteiger partial charge in [0.1, 0.15) is 11.8 Å². The minimum absolute atomic E-state index is 0.117. The number of hydrogen-bond donors (Lipinski definition) is 2. The van der Waals surface area contributed by atoms with E-state index in [0.717, 1.165) is 48.1 Å². The van der Waals surface area contributed by atoms with E-state index in [1.807, 2.05) is 54.6 Å². The van der Waals surface area contributed by atoms with Gasteiger partial charge in [0, 0.05) is 41.1 Å². The van der Waals surface area contributed by atoms with Crippen LogP contribution in [0.2, 0.25) is 0 Å². The summed E-state index contributed by atoms with van der Waals surface area (Å²) in [5.41, 5.74) is 3.64. The molecule has 0 aliphatic rings. The standard InChI is InChI=1S/C34H40N4O4S/c1-24-29(37-34(43-24)35-20-10-21-38(2)3)19-22-42-27-17-15-25(16-18-27)23-31(33(40)41-4)36-30-14-9-8-13-28(30)32(39)26-11-6-5-7-12-26/h5-9,11-18,31,36H,10,19-23H2,1-4H3,(H,35,37)/t31-/m0/s1. The number of esters is 1. The average Bonchev–Trinajstić information content (AvgIpc) is 3.38. The van der Waals surface area contributed by atoms with Gasteiger partial charge in [0.15, 0.2) is 10.9 Å². The Kier molecular flexibility index (Phi) is 11.7. The van der Waals surface area contributed by atoms with Crippen molar-refractivity contribution in [3.05, 3.63) is 106 Å². The van der Waals surface area contributed by atoms with Crippen molar-refractivity contribution in [1.29, 1.82) is 0 Å². The van der Waals surface area contributed by atoms with Crippen LogP contribution in [0.3, 0.4) is 0 Å². The number of nitrogens with one attached hydrogen (secondary N) is 2. The fourth-order valence-electron chi connectivity index (χ4n) is 4.62. The van der Waals surface area contributed by atoms with Gasteiger partial charge in [-0.25, -0.2) is 9.78 Å². The van der Waals surface area contributed by atoms with Gasteiger partial charge in [0.2, 0.25) is 0 Å². The van der Waals surface area contributed by atoms with E-state index < -0.39 is 12.0 Å². The molecule has 226 valence electrons. The molecule has 4 rings (SSSR count). The number of aromatic nitrogens is 1. The van der Waals surface area contributed by atoms with E-state index in [-0.39, 0.29) is 5.78 Å². The molecule has 0 radical (unpaired) electrons. The lowest BCUT2D eigenvalue weighted by Gasteiger charge is -2.20. The Hall–Kier alpha value is -4.21. The zero-order valence-electron chi connectivity index (χ0n) is 25.3. The number of hydrogen-bond acceptors (Lipinski definition) is 9. The number of benzene rings is 3. The molecule has 8 nitrogen and oxygen atoms in total. The number of nitrogens with zero attached hydrogens (tertiary/aromatic N) is 2. The second-order valence-corrected chi connectivity index (χ2v) is 11.7. The van der Waals surface area contributed by atoms with Gasteiger partial charge >= 0.3 is 5.97 Å². The number of aryl methyl sites for hydroxylation is 1. The molecule has 0 saturated heterocycles. The van der Waals surface area contributed by atoms with Crippen molar-refractivity contribution in [1.82, 2.24) is 9.88 Å². The summed E-state index contributed by atoms with van der Waals surface area (Å²) in [4.78, 5) is 34.0. The van der Waals surface area contributed by atoms with Crippen molar-refractivity contribution >= 4 is 33.9 Å². The number of thiazole rings is 1. The molecule has 9 heteroatoms. The van der Waals surface area contributed by atoms with Crippen LogP contribution in [0.25, 0.3) is 0 Å². The first kappa shape index (κ1) is 31.7. The lowest BCUT2D eigenvalue weighted by Crippen LogP contribution is -2.33. The Morgan fingerprint density at radius 1 is 0.977 bits per heavy atom. The first-order valence-electron chi connectivity index (χ1n) is 14.4. The Bertz CT molecular complexity index is 1470. The molecule has 1 atom stereocenters. The highest BCUT2D eigenvalue weighted by Gasteiger charge is 2.22. The van der Waals surface area contributed by atoms with Crippen LogP contribution in [0.1, 0.15) is 38.5 Å². The Balaban J connectivity index is 1.33. The number of anilines is 2. The van der Waals surface area contributed by atoms with Crippen molar-refractivity contribution in [2.75, 3.05) is 51.5 Å². The van der Waals surface area contributed by atoms with E-state index in [9.17, 15) is 9.59 Å². The number of rotatable bonds is 16. The maximum atomic E-state index is 13.2. The SMILES string of the molecule is COC(=O)[C@H](Cc1ccc(OCCc2nc(NCCCN(C)C)sc2C)cc1)Nc1ccccc1C(=O)c1ccccc1. The van der Waals surface area contributed by atoms with Crippen LogP contribution in [0.5, 0.6) is 5.75 Å². The van der Waals surface area contributed by atoms with Crippen LogP contribution in [0.15, 0.2) is 78.9 Å². The molecule has 2 N–H and O–H groups in total. The molecule has 0 saturated carbocycles. The van der Waals surface area contributed by atoms with E-state index >= 15 is 0 Å². The van der Waals surface area contributed by atoms with Crippen molar-refractivity contribution in [3.63, 3.8) is 0 Å². The number of methoxy groups -OCH3 is 1. The summed E-state index contributed by atoms with van der Waals surface area (Å²) in [5, 5.41) is 7.63. The van der Waals surface area contributed by atoms with Crippen molar-refractivity contribution < 1.29 is 19.1 Å². The quantitative estimate of drug-likeness (QED) is 0.0938. The molecule has 0 spiro atoms. The zero-order valence-corrected chi connectivity index (χ0v) is 26.1. The van der Waals surface area contributed by atoms with Crippen LogP contribution < -0.4 is 15.4 Å². The van der Waals surface area contributed by atoms with E-state index in [0.29, 0.717) is 29.8 Å². The predicted octanol–water partition coefficient (Wildman–Crippen LogP) is 5.86. The highest BCUT2D eigenvalue weighted by molar-refractivity contribution is 7.15. The van der Waals surface area contributed by atoms with Gasteiger partial charge < -0.3 is 25.0 Å². The van der Waals surface area contributed by atoms with Gasteiger partial charge in [0.25, 0.3) is 0 Å². The molecular formula is C34H40N4O4S. The van der Waals surface area contributed by atoms with Crippen molar-refractivity contribution in [2.24, 2.45) is 0 Å². The minimum Gasteiger partial charge on any atom is -0.493 e. The van der Waals surface area contributed by atoms with Gasteiger partial charge in [-0.05, 0) is 63.8 Å². The van der Waals surface area contributed by atoms with Crippen LogP contribution in [0, 0.1) is 6.92 Å². The highest BCUT2D eigenvalue weighted by atomic mass is 32.1. The fraction of sp³-hybridized carbons (Fsp3) is 0.324. The van der Waals surface area contributed by atoms with Crippen LogP contribution >= 0.6 is 11.3 Å². The molecule has 0 unspecified atom stereocenters. The van der Waals surface area contributed by atoms with Crippen LogP contribution in [0.4, 0.5) is 10.8 Å². The number of ketones is 1. The third-order valence-corrected chi connectivity index (χ3v) is 7.92. The van der Waals surface area contributed by atoms with Gasteiger partial charge in [-0.2, -0.15) is 0 Å². The number of carbonyl (C=O) groups excluding carboxylic acids is 2. The number of ether oxygens (including phenoxy) is 2. The van der Waals surface area contributed by atoms with Gasteiger partial charge in [-0.15, -0.1) is 11.3 Å². The van der Waals surface area contributed by atoms with Crippen LogP contribution in [-0.2, 0) is 22.4 Å². The maximum Gasteiger partial charge on any atom is 0.328 e. The second kappa shape index (κ2) is 15.9. The Morgan fingerprint density at radius 3 is 2.42 bits per heavy atom. The second-order valence-electron chi connectivity index (χ2n) is 10.5. The molecule has 0 bridgehead atoms. The smallest absolute Gasteiger partial charge is 0.328 e. The maximum absolute atomic E-state index is 13.2. The molecule has 0 fully saturated rings. The molecule has 43 heavy (non-hydrogen) atoms. The average molecular weight is 601 g/mol. The summed E-state index contributed by atoms with van der Waals surface area (Å²) < 4.78 is 11.1. The van der Waals surface area contributed by atoms with Gasteiger partial charge in [0.05, 0.1) is 19.4 Å². The van der Waals surface area contributed by atoms with Gasteiger partial charge in [-0.1, -0.05) is 54.6 Å². The molecule has 1 aromatic heterocycles. The lowest BCUT2D eigenvalue weighted by molar-refractivity contribution is -0.141. The number of carbonyl (C=O) groups is 2. The Labute approximate surface area is 258 Å². The largest absolute Gasteiger partial charge is 0.493 e. The zero-order chi connectivity index (χ0) is 30.6. The first-order chi connectivity index (χ1) is 20.8. The fourth-order valence-corrected chi connectivity index (χ4v) is 5.51. The monoisotopic (exact) mass is 600 g/mol. The molecule has 0 aliphatic carbocycles. The van der Waals surface area contributed by atoms with E-state index in [1.165, 1.54) is 12.0 Å². The summed E-state index contributed by atoms with van der Waals surface area (Å²) in [5.74, 6) is 0.224. The summed E-state index contributed by atoms with van der Waals surface area (Å²) in [7, 11) is 5.52. The summed E-state index contributed by atoms with van der Waals surface area (Å²) >= 11 is 1.68. The third-order valence-electron chi connectivity index (χ3n) is 6.94. The van der Waals surface area contributed by atoms with Gasteiger partial charge in [-0.3, -0.25) is 4.79 Å². The van der Waals surface area contributed by atoms with Crippen molar-refractivity contribution in [2.45, 2.75) is 32.2 Å². The molecule has 0 amide bonds. The molecule has 0 aliphatic heterocycles. The predicted molar refractivity (Wildman–Crippen MR) is 174 cm³/mol. The first-order valence-corrected chi connectivity index (χ1v) is 15.3. The summed E-state index contributed by atoms with van der Waals surface area (Å²) in [6.45, 7) is 4.55. The lowest BCUT2D eigenvalue weighted by atomic mass is 10.00. The minimum atomic E-state index is -0.681. The Morgan fingerprint density at radius 2 is 1.70 bits per heavy atom. The highest BCUT2D eigenvalue weighted by Crippen LogP contribution is 2.24. The molecular weight excluding hydrogens is 560 g/mol. The summed E-state index contributed by atoms with van der Waals surface area (Å²) in [6.07, 6.45) is 2.17. The van der Waals surface area contributed by atoms with Crippen LogP contribution in [-0.4, -0.2) is 68.6 Å². The third kappa shape index (κ3) is 9.39. The topological polar surface area (TPSA) is 92.8 Å². The van der Waals surface area contributed by atoms with Crippen molar-refractivity contribution in [3.8, 4) is 5.75 Å². The normalized spacial score (nSPS) is 11.7. The number of para-hydroxylation sites is 1. The van der Waals surface area contributed by atoms with E-state index in [2.05, 4.69) is 36.6 Å².